The molecule has 0 aliphatic rings. The number of amides is 1. The van der Waals surface area contributed by atoms with Crippen LogP contribution in [-0.2, 0) is 0 Å². The average Bonchev–Trinajstić information content (AvgIpc) is 3.02. The molecule has 2 heterocycles. The third-order valence-electron chi connectivity index (χ3n) is 3.69. The van der Waals surface area contributed by atoms with Crippen molar-refractivity contribution in [1.82, 2.24) is 19.9 Å². The minimum absolute atomic E-state index is 0.137. The molecule has 134 valence electrons. The van der Waals surface area contributed by atoms with E-state index in [4.69, 9.17) is 17.0 Å². The molecule has 0 bridgehead atoms. The maximum Gasteiger partial charge on any atom is 0.257 e. The third-order valence-corrected chi connectivity index (χ3v) is 3.89. The van der Waals surface area contributed by atoms with Crippen molar-refractivity contribution in [3.8, 4) is 11.6 Å². The lowest BCUT2D eigenvalue weighted by atomic mass is 10.1. The predicted octanol–water partition coefficient (Wildman–Crippen LogP) is 4.20. The lowest BCUT2D eigenvalue weighted by Gasteiger charge is -2.09. The first-order valence-corrected chi connectivity index (χ1v) is 8.26. The predicted molar refractivity (Wildman–Crippen MR) is 99.9 cm³/mol. The molecule has 0 aliphatic heterocycles. The molecule has 27 heavy (non-hydrogen) atoms. The van der Waals surface area contributed by atoms with Crippen LogP contribution in [0.4, 0.5) is 10.1 Å². The zero-order valence-corrected chi connectivity index (χ0v) is 14.5. The fourth-order valence-electron chi connectivity index (χ4n) is 2.58. The van der Waals surface area contributed by atoms with E-state index in [-0.39, 0.29) is 5.56 Å². The quantitative estimate of drug-likeness (QED) is 0.461. The highest BCUT2D eigenvalue weighted by Crippen LogP contribution is 2.24. The number of H-pyrrole nitrogens is 2. The van der Waals surface area contributed by atoms with Crippen molar-refractivity contribution >= 4 is 34.8 Å². The van der Waals surface area contributed by atoms with Crippen LogP contribution < -0.4 is 10.1 Å². The van der Waals surface area contributed by atoms with Gasteiger partial charge >= 0.3 is 0 Å². The molecule has 0 unspecified atom stereocenters. The van der Waals surface area contributed by atoms with Crippen molar-refractivity contribution in [1.29, 1.82) is 0 Å². The Hall–Kier alpha value is -3.59. The van der Waals surface area contributed by atoms with Gasteiger partial charge in [-0.3, -0.25) is 9.78 Å². The average molecular weight is 381 g/mol. The molecule has 2 aromatic carbocycles. The minimum Gasteiger partial charge on any atom is -0.437 e. The van der Waals surface area contributed by atoms with Gasteiger partial charge in [-0.1, -0.05) is 6.07 Å². The van der Waals surface area contributed by atoms with Crippen LogP contribution in [0.25, 0.3) is 11.0 Å². The first-order chi connectivity index (χ1) is 13.1. The van der Waals surface area contributed by atoms with Crippen molar-refractivity contribution < 1.29 is 13.9 Å². The molecule has 0 atom stereocenters. The SMILES string of the molecule is O=C(Nc1cccc(Oc2cnccn2)c1)c1cc(F)cc2[nH]c(=S)[nH]c12. The summed E-state index contributed by atoms with van der Waals surface area (Å²) in [5.74, 6) is -0.231. The smallest absolute Gasteiger partial charge is 0.257 e. The number of halogens is 1. The van der Waals surface area contributed by atoms with E-state index in [0.29, 0.717) is 33.1 Å². The Morgan fingerprint density at radius 1 is 1.19 bits per heavy atom. The van der Waals surface area contributed by atoms with Crippen LogP contribution in [0.15, 0.2) is 55.0 Å². The van der Waals surface area contributed by atoms with E-state index in [1.807, 2.05) is 0 Å². The molecule has 7 nitrogen and oxygen atoms in total. The molecule has 1 amide bonds. The summed E-state index contributed by atoms with van der Waals surface area (Å²) in [4.78, 5) is 26.3. The van der Waals surface area contributed by atoms with Crippen LogP contribution in [0.3, 0.4) is 0 Å². The van der Waals surface area contributed by atoms with Crippen molar-refractivity contribution in [2.45, 2.75) is 0 Å². The first kappa shape index (κ1) is 16.9. The molecule has 0 radical (unpaired) electrons. The Morgan fingerprint density at radius 3 is 2.89 bits per heavy atom. The Bertz CT molecular complexity index is 1190. The maximum absolute atomic E-state index is 13.8. The molecule has 0 saturated carbocycles. The first-order valence-electron chi connectivity index (χ1n) is 7.85. The highest BCUT2D eigenvalue weighted by Gasteiger charge is 2.14. The number of carbonyl (C=O) groups excluding carboxylic acids is 1. The fourth-order valence-corrected chi connectivity index (χ4v) is 2.79. The van der Waals surface area contributed by atoms with E-state index in [2.05, 4.69) is 25.3 Å². The molecule has 0 saturated heterocycles. The molecule has 9 heteroatoms. The normalized spacial score (nSPS) is 10.7. The van der Waals surface area contributed by atoms with Gasteiger partial charge in [-0.2, -0.15) is 0 Å². The standard InChI is InChI=1S/C18H12FN5O2S/c19-10-6-13(16-14(7-10)23-18(27)24-16)17(25)22-11-2-1-3-12(8-11)26-15-9-20-4-5-21-15/h1-9H,(H,22,25)(H2,23,24,27). The third kappa shape index (κ3) is 3.67. The highest BCUT2D eigenvalue weighted by molar-refractivity contribution is 7.71. The Kier molecular flexibility index (Phi) is 4.35. The van der Waals surface area contributed by atoms with Gasteiger partial charge < -0.3 is 20.0 Å². The summed E-state index contributed by atoms with van der Waals surface area (Å²) in [6.07, 6.45) is 4.52. The van der Waals surface area contributed by atoms with Crippen molar-refractivity contribution in [2.24, 2.45) is 0 Å². The maximum atomic E-state index is 13.8. The number of nitrogens with one attached hydrogen (secondary N) is 3. The molecule has 4 aromatic rings. The Morgan fingerprint density at radius 2 is 2.07 bits per heavy atom. The van der Waals surface area contributed by atoms with Crippen LogP contribution in [0.5, 0.6) is 11.6 Å². The summed E-state index contributed by atoms with van der Waals surface area (Å²) in [6, 6.07) is 9.17. The van der Waals surface area contributed by atoms with Gasteiger partial charge in [0.05, 0.1) is 22.8 Å². The zero-order valence-electron chi connectivity index (χ0n) is 13.7. The van der Waals surface area contributed by atoms with Crippen molar-refractivity contribution in [2.75, 3.05) is 5.32 Å². The molecule has 3 N–H and O–H groups in total. The Balaban J connectivity index is 1.60. The van der Waals surface area contributed by atoms with Gasteiger partial charge in [0.1, 0.15) is 11.6 Å². The monoisotopic (exact) mass is 381 g/mol. The number of hydrogen-bond acceptors (Lipinski definition) is 5. The van der Waals surface area contributed by atoms with Gasteiger partial charge in [0.15, 0.2) is 4.77 Å². The number of rotatable bonds is 4. The number of ether oxygens (including phenoxy) is 1. The lowest BCUT2D eigenvalue weighted by molar-refractivity contribution is 0.102. The number of benzene rings is 2. The van der Waals surface area contributed by atoms with Crippen LogP contribution in [0, 0.1) is 10.6 Å². The van der Waals surface area contributed by atoms with E-state index in [1.165, 1.54) is 24.7 Å². The summed E-state index contributed by atoms with van der Waals surface area (Å²) in [5, 5.41) is 2.72. The van der Waals surface area contributed by atoms with Gasteiger partial charge in [-0.25, -0.2) is 9.37 Å². The summed E-state index contributed by atoms with van der Waals surface area (Å²) in [5.41, 5.74) is 1.47. The number of anilines is 1. The second-order valence-electron chi connectivity index (χ2n) is 5.58. The second kappa shape index (κ2) is 6.96. The largest absolute Gasteiger partial charge is 0.437 e. The van der Waals surface area contributed by atoms with Gasteiger partial charge in [-0.05, 0) is 36.5 Å². The Labute approximate surface area is 157 Å². The lowest BCUT2D eigenvalue weighted by Crippen LogP contribution is -2.13. The molecular weight excluding hydrogens is 369 g/mol. The number of aromatic nitrogens is 4. The van der Waals surface area contributed by atoms with Gasteiger partial charge in [-0.15, -0.1) is 0 Å². The summed E-state index contributed by atoms with van der Waals surface area (Å²) in [7, 11) is 0. The number of hydrogen-bond donors (Lipinski definition) is 3. The topological polar surface area (TPSA) is 95.7 Å². The molecule has 0 fully saturated rings. The number of carbonyl (C=O) groups is 1. The van der Waals surface area contributed by atoms with Crippen LogP contribution in [-0.4, -0.2) is 25.8 Å². The van der Waals surface area contributed by atoms with Gasteiger partial charge in [0.25, 0.3) is 5.91 Å². The zero-order chi connectivity index (χ0) is 18.8. The van der Waals surface area contributed by atoms with E-state index >= 15 is 0 Å². The number of nitrogens with zero attached hydrogens (tertiary/aromatic N) is 2. The minimum atomic E-state index is -0.544. The van der Waals surface area contributed by atoms with E-state index in [9.17, 15) is 9.18 Å². The summed E-state index contributed by atoms with van der Waals surface area (Å²) >= 11 is 5.02. The summed E-state index contributed by atoms with van der Waals surface area (Å²) in [6.45, 7) is 0. The molecule has 0 spiro atoms. The van der Waals surface area contributed by atoms with E-state index in [0.717, 1.165) is 6.07 Å². The van der Waals surface area contributed by atoms with Gasteiger partial charge in [0.2, 0.25) is 5.88 Å². The molecule has 0 aliphatic carbocycles. The number of aromatic amines is 2. The van der Waals surface area contributed by atoms with Crippen LogP contribution in [0.2, 0.25) is 0 Å². The van der Waals surface area contributed by atoms with E-state index < -0.39 is 11.7 Å². The van der Waals surface area contributed by atoms with Gasteiger partial charge in [0, 0.05) is 24.1 Å². The second-order valence-corrected chi connectivity index (χ2v) is 5.99. The summed E-state index contributed by atoms with van der Waals surface area (Å²) < 4.78 is 19.7. The number of imidazole rings is 1. The number of fused-ring (bicyclic) bond motifs is 1. The van der Waals surface area contributed by atoms with Crippen LogP contribution >= 0.6 is 12.2 Å². The van der Waals surface area contributed by atoms with Crippen LogP contribution in [0.1, 0.15) is 10.4 Å². The molecule has 2 aromatic heterocycles. The van der Waals surface area contributed by atoms with E-state index in [1.54, 1.807) is 24.3 Å². The fraction of sp³-hybridized carbons (Fsp3) is 0. The highest BCUT2D eigenvalue weighted by atomic mass is 32.1. The molecule has 4 rings (SSSR count). The molecular formula is C18H12FN5O2S. The van der Waals surface area contributed by atoms with Crippen molar-refractivity contribution in [3.63, 3.8) is 0 Å². The van der Waals surface area contributed by atoms with Crippen molar-refractivity contribution in [3.05, 3.63) is 71.1 Å².